The molecule has 1 heterocycles. The molecule has 0 aromatic carbocycles. The Kier molecular flexibility index (Phi) is 6.59. The van der Waals surface area contributed by atoms with Gasteiger partial charge < -0.3 is 15.8 Å². The first-order valence-corrected chi connectivity index (χ1v) is 8.06. The lowest BCUT2D eigenvalue weighted by atomic mass is 10.2. The van der Waals surface area contributed by atoms with Crippen molar-refractivity contribution in [3.05, 3.63) is 0 Å². The van der Waals surface area contributed by atoms with Crippen molar-refractivity contribution in [2.24, 2.45) is 5.73 Å². The molecule has 0 aromatic heterocycles. The lowest BCUT2D eigenvalue weighted by molar-refractivity contribution is -0.120. The molecule has 0 aromatic rings. The molecule has 0 radical (unpaired) electrons. The number of nitrogens with two attached hydrogens (primary N) is 1. The van der Waals surface area contributed by atoms with Crippen LogP contribution in [0.15, 0.2) is 0 Å². The molecule has 106 valence electrons. The quantitative estimate of drug-likeness (QED) is 0.608. The lowest BCUT2D eigenvalue weighted by Crippen LogP contribution is -2.43. The molecule has 1 aliphatic heterocycles. The molecule has 0 aliphatic carbocycles. The minimum absolute atomic E-state index is 0.130. The van der Waals surface area contributed by atoms with E-state index in [1.165, 1.54) is 0 Å². The van der Waals surface area contributed by atoms with Crippen LogP contribution in [0.25, 0.3) is 0 Å². The second-order valence-electron chi connectivity index (χ2n) is 4.40. The average Bonchev–Trinajstić information content (AvgIpc) is 2.32. The first-order chi connectivity index (χ1) is 8.58. The highest BCUT2D eigenvalue weighted by Gasteiger charge is 2.34. The zero-order chi connectivity index (χ0) is 13.4. The molecule has 0 spiro atoms. The average molecular weight is 278 g/mol. The third-order valence-electron chi connectivity index (χ3n) is 2.90. The summed E-state index contributed by atoms with van der Waals surface area (Å²) in [5.41, 5.74) is 5.26. The first-order valence-electron chi connectivity index (χ1n) is 6.35. The number of nitrogens with one attached hydrogen (secondary N) is 1. The van der Waals surface area contributed by atoms with Crippen LogP contribution in [0.4, 0.5) is 0 Å². The minimum Gasteiger partial charge on any atom is -0.380 e. The second kappa shape index (κ2) is 7.70. The molecule has 1 rings (SSSR count). The molecule has 1 unspecified atom stereocenters. The smallest absolute Gasteiger partial charge is 0.238 e. The Hall–Kier alpha value is -0.660. The Labute approximate surface area is 108 Å². The van der Waals surface area contributed by atoms with E-state index in [2.05, 4.69) is 5.32 Å². The molecule has 18 heavy (non-hydrogen) atoms. The summed E-state index contributed by atoms with van der Waals surface area (Å²) in [6.45, 7) is 1.95. The number of rotatable bonds is 7. The fraction of sp³-hybridized carbons (Fsp3) is 0.909. The molecule has 1 amide bonds. The van der Waals surface area contributed by atoms with Gasteiger partial charge in [-0.2, -0.15) is 0 Å². The molecular weight excluding hydrogens is 256 g/mol. The highest BCUT2D eigenvalue weighted by atomic mass is 32.2. The van der Waals surface area contributed by atoms with Gasteiger partial charge in [-0.25, -0.2) is 8.42 Å². The van der Waals surface area contributed by atoms with E-state index in [0.29, 0.717) is 45.6 Å². The highest BCUT2D eigenvalue weighted by molar-refractivity contribution is 7.92. The maximum absolute atomic E-state index is 11.8. The van der Waals surface area contributed by atoms with Crippen LogP contribution in [0.2, 0.25) is 0 Å². The second-order valence-corrected chi connectivity index (χ2v) is 6.70. The van der Waals surface area contributed by atoms with E-state index < -0.39 is 15.1 Å². The van der Waals surface area contributed by atoms with Gasteiger partial charge in [-0.05, 0) is 19.3 Å². The standard InChI is InChI=1S/C11H22N2O4S/c12-5-8-17-7-3-6-13-11(14)10-4-1-2-9-18(10,15)16/h10H,1-9,12H2,(H,13,14). The zero-order valence-corrected chi connectivity index (χ0v) is 11.4. The normalized spacial score (nSPS) is 22.6. The molecule has 0 saturated carbocycles. The van der Waals surface area contributed by atoms with Crippen LogP contribution in [0.5, 0.6) is 0 Å². The first kappa shape index (κ1) is 15.4. The fourth-order valence-corrected chi connectivity index (χ4v) is 3.76. The summed E-state index contributed by atoms with van der Waals surface area (Å²) in [6.07, 6.45) is 2.58. The lowest BCUT2D eigenvalue weighted by Gasteiger charge is -2.21. The molecule has 1 atom stereocenters. The van der Waals surface area contributed by atoms with Crippen molar-refractivity contribution >= 4 is 15.7 Å². The maximum Gasteiger partial charge on any atom is 0.238 e. The van der Waals surface area contributed by atoms with Crippen molar-refractivity contribution in [2.45, 2.75) is 30.9 Å². The molecule has 7 heteroatoms. The van der Waals surface area contributed by atoms with Gasteiger partial charge in [0.15, 0.2) is 9.84 Å². The largest absolute Gasteiger partial charge is 0.380 e. The summed E-state index contributed by atoms with van der Waals surface area (Å²) < 4.78 is 28.6. The van der Waals surface area contributed by atoms with E-state index in [1.54, 1.807) is 0 Å². The van der Waals surface area contributed by atoms with Crippen LogP contribution in [0.3, 0.4) is 0 Å². The molecular formula is C11H22N2O4S. The van der Waals surface area contributed by atoms with Gasteiger partial charge >= 0.3 is 0 Å². The summed E-state index contributed by atoms with van der Waals surface area (Å²) in [4.78, 5) is 11.8. The third kappa shape index (κ3) is 4.91. The minimum atomic E-state index is -3.23. The maximum atomic E-state index is 11.8. The Bertz CT molecular complexity index is 356. The van der Waals surface area contributed by atoms with Gasteiger partial charge in [-0.1, -0.05) is 6.42 Å². The van der Waals surface area contributed by atoms with Gasteiger partial charge in [0.2, 0.25) is 5.91 Å². The van der Waals surface area contributed by atoms with Crippen molar-refractivity contribution in [1.82, 2.24) is 5.32 Å². The van der Waals surface area contributed by atoms with Crippen molar-refractivity contribution in [3.8, 4) is 0 Å². The number of hydrogen-bond donors (Lipinski definition) is 2. The van der Waals surface area contributed by atoms with Crippen LogP contribution in [-0.4, -0.2) is 51.6 Å². The van der Waals surface area contributed by atoms with E-state index >= 15 is 0 Å². The number of amides is 1. The van der Waals surface area contributed by atoms with Gasteiger partial charge in [0, 0.05) is 19.7 Å². The van der Waals surface area contributed by atoms with Crippen LogP contribution in [0, 0.1) is 0 Å². The van der Waals surface area contributed by atoms with Crippen LogP contribution in [-0.2, 0) is 19.4 Å². The Morgan fingerprint density at radius 1 is 1.33 bits per heavy atom. The Morgan fingerprint density at radius 2 is 2.11 bits per heavy atom. The van der Waals surface area contributed by atoms with Crippen LogP contribution < -0.4 is 11.1 Å². The monoisotopic (exact) mass is 278 g/mol. The van der Waals surface area contributed by atoms with Crippen LogP contribution >= 0.6 is 0 Å². The predicted molar refractivity (Wildman–Crippen MR) is 68.9 cm³/mol. The summed E-state index contributed by atoms with van der Waals surface area (Å²) in [6, 6.07) is 0. The Morgan fingerprint density at radius 3 is 2.78 bits per heavy atom. The van der Waals surface area contributed by atoms with Crippen molar-refractivity contribution in [3.63, 3.8) is 0 Å². The van der Waals surface area contributed by atoms with Gasteiger partial charge in [0.25, 0.3) is 0 Å². The van der Waals surface area contributed by atoms with Gasteiger partial charge in [-0.3, -0.25) is 4.79 Å². The van der Waals surface area contributed by atoms with Crippen molar-refractivity contribution in [2.75, 3.05) is 32.1 Å². The van der Waals surface area contributed by atoms with Crippen molar-refractivity contribution in [1.29, 1.82) is 0 Å². The van der Waals surface area contributed by atoms with Crippen LogP contribution in [0.1, 0.15) is 25.7 Å². The predicted octanol–water partition coefficient (Wildman–Crippen LogP) is -0.565. The zero-order valence-electron chi connectivity index (χ0n) is 10.6. The number of ether oxygens (including phenoxy) is 1. The summed E-state index contributed by atoms with van der Waals surface area (Å²) in [5, 5.41) is 1.80. The van der Waals surface area contributed by atoms with E-state index in [9.17, 15) is 13.2 Å². The highest BCUT2D eigenvalue weighted by Crippen LogP contribution is 2.19. The molecule has 1 aliphatic rings. The summed E-state index contributed by atoms with van der Waals surface area (Å²) in [5.74, 6) is -0.237. The number of sulfone groups is 1. The van der Waals surface area contributed by atoms with E-state index in [0.717, 1.165) is 6.42 Å². The topological polar surface area (TPSA) is 98.5 Å². The van der Waals surface area contributed by atoms with E-state index in [1.807, 2.05) is 0 Å². The SMILES string of the molecule is NCCOCCCNC(=O)C1CCCCS1(=O)=O. The van der Waals surface area contributed by atoms with Gasteiger partial charge in [-0.15, -0.1) is 0 Å². The molecule has 1 saturated heterocycles. The third-order valence-corrected chi connectivity index (χ3v) is 5.07. The molecule has 0 bridgehead atoms. The van der Waals surface area contributed by atoms with E-state index in [-0.39, 0.29) is 11.7 Å². The fourth-order valence-electron chi connectivity index (χ4n) is 1.93. The van der Waals surface area contributed by atoms with Gasteiger partial charge in [0.1, 0.15) is 5.25 Å². The van der Waals surface area contributed by atoms with Crippen molar-refractivity contribution < 1.29 is 17.9 Å². The van der Waals surface area contributed by atoms with E-state index in [4.69, 9.17) is 10.5 Å². The number of carbonyl (C=O) groups is 1. The molecule has 1 fully saturated rings. The number of hydrogen-bond acceptors (Lipinski definition) is 5. The summed E-state index contributed by atoms with van der Waals surface area (Å²) >= 11 is 0. The van der Waals surface area contributed by atoms with Gasteiger partial charge in [0.05, 0.1) is 12.4 Å². The number of carbonyl (C=O) groups excluding carboxylic acids is 1. The molecule has 6 nitrogen and oxygen atoms in total. The molecule has 3 N–H and O–H groups in total. The Balaban J connectivity index is 2.24. The summed E-state index contributed by atoms with van der Waals surface area (Å²) in [7, 11) is -3.23.